The highest BCUT2D eigenvalue weighted by molar-refractivity contribution is 6.10. The Labute approximate surface area is 728 Å². The number of nitrogens with two attached hydrogens (primary N) is 7. The molecule has 0 bridgehead atoms. The summed E-state index contributed by atoms with van der Waals surface area (Å²) in [5.74, 6) is -4.21. The van der Waals surface area contributed by atoms with Gasteiger partial charge in [0.2, 0.25) is 29.4 Å². The van der Waals surface area contributed by atoms with E-state index >= 15 is 0 Å². The maximum atomic E-state index is 13.4. The van der Waals surface area contributed by atoms with Gasteiger partial charge in [0, 0.05) is 105 Å². The Morgan fingerprint density at radius 1 is 0.504 bits per heavy atom. The number of hydrogen-bond donors (Lipinski definition) is 15. The number of alkyl carbamates (subject to hydrolysis) is 1. The number of nitrogens with one attached hydrogen (secondary N) is 8. The van der Waals surface area contributed by atoms with Crippen LogP contribution in [0.25, 0.3) is 54.7 Å². The van der Waals surface area contributed by atoms with Crippen molar-refractivity contribution in [1.82, 2.24) is 47.2 Å². The van der Waals surface area contributed by atoms with Crippen LogP contribution >= 0.6 is 0 Å². The van der Waals surface area contributed by atoms with Gasteiger partial charge in [-0.05, 0) is 122 Å². The number of nitrogens with zero attached hydrogens (tertiary/aromatic N) is 8. The fourth-order valence-electron chi connectivity index (χ4n) is 12.4. The molecular formula is C87H103F2N23O15. The second-order valence-electron chi connectivity index (χ2n) is 26.4. The van der Waals surface area contributed by atoms with E-state index in [2.05, 4.69) is 97.5 Å². The Kier molecular flexibility index (Phi) is 42.9. The number of anilines is 3. The predicted octanol–water partition coefficient (Wildman–Crippen LogP) is 9.49. The van der Waals surface area contributed by atoms with E-state index in [1.165, 1.54) is 52.5 Å². The van der Waals surface area contributed by atoms with Crippen molar-refractivity contribution in [2.45, 2.75) is 77.4 Å². The van der Waals surface area contributed by atoms with Crippen molar-refractivity contribution in [3.8, 4) is 11.1 Å². The van der Waals surface area contributed by atoms with Crippen molar-refractivity contribution in [2.24, 2.45) is 49.4 Å². The first-order valence-electron chi connectivity index (χ1n) is 38.3. The van der Waals surface area contributed by atoms with E-state index in [4.69, 9.17) is 48.7 Å². The maximum absolute atomic E-state index is 13.4. The van der Waals surface area contributed by atoms with Gasteiger partial charge in [0.15, 0.2) is 17.9 Å². The highest BCUT2D eigenvalue weighted by atomic mass is 19.1. The minimum Gasteiger partial charge on any atom is -0.449 e. The normalized spacial score (nSPS) is 11.4. The molecule has 22 N–H and O–H groups in total. The van der Waals surface area contributed by atoms with Crippen molar-refractivity contribution < 1.29 is 66.6 Å². The first-order valence-corrected chi connectivity index (χ1v) is 38.3. The lowest BCUT2D eigenvalue weighted by Gasteiger charge is -2.19. The van der Waals surface area contributed by atoms with Crippen LogP contribution in [0.15, 0.2) is 221 Å². The molecular weight excluding hydrogens is 1650 g/mol. The third-order valence-corrected chi connectivity index (χ3v) is 18.5. The number of nitro benzene ring substituents is 3. The van der Waals surface area contributed by atoms with Crippen molar-refractivity contribution in [1.29, 1.82) is 0 Å². The van der Waals surface area contributed by atoms with E-state index in [9.17, 15) is 67.9 Å². The standard InChI is InChI=1S/C26H26N8O4.C23H29N5O3.C15H21FN6O4.C13H10N2.C6H4FNO2.CH5N.CO2.2CH4/c27-24(35)21(10-5-13-30-26(28)29)33-25(36)15-11-12-20(22(14-15)34(37)38)32-23-16-6-1-3-8-18(16)31-19-9-4-2-7-17(19)23;1-25-21(29)20(12-7-13-27-22(24)26-2)28-23(30)31-14-19-17-10-5-3-8-15(17)16-9-4-6-11-18(16)19;1-18-14(24)11(4-3-7-20-15(17)19-2)21-13(23)9-5-6-10(16)12(8-9)22(25)26;14-13-9-5-1-3-7-11(9)15-12-8-4-2-6-10(12)13;7-5-3-1-2-4-6(5)8(9)10;1-2;2-1-3;;/h1-4,6-9,11-12,14,21H,5,10,13H2,(H2,27,35)(H,31,32)(H,33,36)(H4,28,29,30);3-6,8-11,19-20H,7,12-14H2,1-2H3,(H,25,29)(H,28,30)(H3,24,26,27);5-6,8,11H,3-4,7H2,1-2H3,(H,18,24)(H,21,23)(H3,17,19,20);1-8H,(H2,14,15);1-4H;2H2,1H3;;2*1H4/t21-;20-;11-;;;;;;/m111....../s1. The van der Waals surface area contributed by atoms with Crippen molar-refractivity contribution in [3.05, 3.63) is 270 Å². The average Bonchev–Trinajstić information content (AvgIpc) is 0.797. The molecule has 670 valence electrons. The molecule has 127 heavy (non-hydrogen) atoms. The van der Waals surface area contributed by atoms with Gasteiger partial charge >= 0.3 is 23.6 Å². The molecule has 2 heterocycles. The number of nitrogen functional groups attached to an aromatic ring is 1. The SMILES string of the molecule is C.C.CN.CN=C(N)NCCC[C@@H](NC(=O)OCC1c2ccccc2-c2ccccc21)C(=O)NC.CN=C(N)NCCC[C@@H](NC(=O)c1ccc(F)c([N+](=O)[O-])c1)C(=O)NC.NC(=O)[C@@H](CCCN=C(N)N)NC(=O)c1ccc(Nc2c3ccccc3nc3ccccc23)c([N+](=O)[O-])c1.Nc1c2ccccc2nc2ccccc12.O=C=O.O=[N+]([O-])c1ccccc1F. The van der Waals surface area contributed by atoms with Gasteiger partial charge in [-0.3, -0.25) is 69.3 Å². The molecule has 1 aliphatic rings. The van der Waals surface area contributed by atoms with E-state index in [0.717, 1.165) is 108 Å². The van der Waals surface area contributed by atoms with Crippen LogP contribution in [0.4, 0.5) is 47.7 Å². The van der Waals surface area contributed by atoms with Gasteiger partial charge in [0.25, 0.3) is 17.5 Å². The third-order valence-electron chi connectivity index (χ3n) is 18.5. The molecule has 9 aromatic carbocycles. The van der Waals surface area contributed by atoms with Crippen LogP contribution in [0.5, 0.6) is 0 Å². The summed E-state index contributed by atoms with van der Waals surface area (Å²) in [6.07, 6.45) is 2.07. The van der Waals surface area contributed by atoms with E-state index in [-0.39, 0.29) is 86.8 Å². The Bertz CT molecular complexity index is 5610. The summed E-state index contributed by atoms with van der Waals surface area (Å²) >= 11 is 0. The van der Waals surface area contributed by atoms with Gasteiger partial charge in [-0.2, -0.15) is 18.4 Å². The second kappa shape index (κ2) is 52.8. The lowest BCUT2D eigenvalue weighted by Crippen LogP contribution is -2.46. The molecule has 6 amide bonds. The minimum atomic E-state index is -1.05. The Hall–Kier alpha value is -16.3. The molecule has 2 aromatic heterocycles. The van der Waals surface area contributed by atoms with Crippen molar-refractivity contribution in [2.75, 3.05) is 72.5 Å². The van der Waals surface area contributed by atoms with Crippen LogP contribution in [0.3, 0.4) is 0 Å². The first kappa shape index (κ1) is 103. The van der Waals surface area contributed by atoms with Crippen molar-refractivity contribution in [3.63, 3.8) is 0 Å². The molecule has 0 radical (unpaired) electrons. The number of amides is 6. The number of nitro groups is 3. The smallest absolute Gasteiger partial charge is 0.407 e. The van der Waals surface area contributed by atoms with E-state index in [0.29, 0.717) is 56.8 Å². The van der Waals surface area contributed by atoms with Gasteiger partial charge in [-0.15, -0.1) is 0 Å². The number of fused-ring (bicyclic) bond motifs is 7. The molecule has 0 spiro atoms. The molecule has 0 aliphatic heterocycles. The van der Waals surface area contributed by atoms with E-state index < -0.39 is 85.6 Å². The number of para-hydroxylation sites is 5. The summed E-state index contributed by atoms with van der Waals surface area (Å²) in [6.45, 7) is 1.44. The van der Waals surface area contributed by atoms with E-state index in [1.807, 2.05) is 121 Å². The summed E-state index contributed by atoms with van der Waals surface area (Å²) < 4.78 is 31.3. The number of halogens is 2. The molecule has 1 aliphatic carbocycles. The highest BCUT2D eigenvalue weighted by Crippen LogP contribution is 2.45. The molecule has 0 fully saturated rings. The number of pyridine rings is 2. The van der Waals surface area contributed by atoms with Crippen LogP contribution in [0, 0.1) is 42.0 Å². The number of aromatic nitrogens is 2. The summed E-state index contributed by atoms with van der Waals surface area (Å²) in [7, 11) is 7.57. The largest absolute Gasteiger partial charge is 0.449 e. The van der Waals surface area contributed by atoms with Gasteiger partial charge in [0.05, 0.1) is 48.2 Å². The zero-order valence-electron chi connectivity index (χ0n) is 68.5. The molecule has 0 unspecified atom stereocenters. The zero-order valence-corrected chi connectivity index (χ0v) is 68.5. The maximum Gasteiger partial charge on any atom is 0.407 e. The first-order chi connectivity index (χ1) is 60.1. The summed E-state index contributed by atoms with van der Waals surface area (Å²) in [6, 6.07) is 56.4. The minimum absolute atomic E-state index is 0. The number of rotatable bonds is 27. The summed E-state index contributed by atoms with van der Waals surface area (Å²) in [4.78, 5) is 141. The number of carbonyl (C=O) groups is 6. The van der Waals surface area contributed by atoms with Crippen LogP contribution in [-0.2, 0) is 28.7 Å². The van der Waals surface area contributed by atoms with E-state index in [1.54, 1.807) is 7.05 Å². The molecule has 0 saturated heterocycles. The third kappa shape index (κ3) is 30.4. The Balaban J connectivity index is 0.000000344. The topological polar surface area (TPSA) is 616 Å². The molecule has 0 saturated carbocycles. The number of likely N-dealkylation sites (N-methyl/N-ethyl adjacent to an activating group) is 2. The predicted molar refractivity (Wildman–Crippen MR) is 485 cm³/mol. The van der Waals surface area contributed by atoms with Crippen LogP contribution in [0.2, 0.25) is 0 Å². The van der Waals surface area contributed by atoms with Gasteiger partial charge in [-0.25, -0.2) is 14.8 Å². The zero-order chi connectivity index (χ0) is 91.7. The summed E-state index contributed by atoms with van der Waals surface area (Å²) in [5.41, 5.74) is 45.6. The second-order valence-corrected chi connectivity index (χ2v) is 26.4. The number of hydrogen-bond acceptors (Lipinski definition) is 23. The fourth-order valence-corrected chi connectivity index (χ4v) is 12.4. The Morgan fingerprint density at radius 3 is 1.32 bits per heavy atom. The number of primary amides is 1. The van der Waals surface area contributed by atoms with Gasteiger partial charge in [-0.1, -0.05) is 148 Å². The van der Waals surface area contributed by atoms with Crippen LogP contribution in [0.1, 0.15) is 91.1 Å². The van der Waals surface area contributed by atoms with Crippen LogP contribution < -0.4 is 82.7 Å². The van der Waals surface area contributed by atoms with Crippen LogP contribution in [-0.4, -0.2) is 164 Å². The number of ether oxygens (including phenoxy) is 1. The molecule has 38 nitrogen and oxygen atoms in total. The van der Waals surface area contributed by atoms with Crippen molar-refractivity contribution >= 4 is 137 Å². The number of benzene rings is 9. The lowest BCUT2D eigenvalue weighted by atomic mass is 9.98. The lowest BCUT2D eigenvalue weighted by molar-refractivity contribution is -0.387. The molecule has 12 rings (SSSR count). The molecule has 11 aromatic rings. The summed E-state index contributed by atoms with van der Waals surface area (Å²) in [5, 5.41) is 58.0. The monoisotopic (exact) mass is 1750 g/mol. The fraction of sp³-hybridized carbons (Fsp3) is 0.241. The van der Waals surface area contributed by atoms with Gasteiger partial charge < -0.3 is 87.4 Å². The number of guanidine groups is 3. The Morgan fingerprint density at radius 2 is 0.890 bits per heavy atom. The highest BCUT2D eigenvalue weighted by Gasteiger charge is 2.31. The quantitative estimate of drug-likeness (QED) is 0.00568. The number of carbonyl (C=O) groups excluding carboxylic acids is 8. The average molecular weight is 1750 g/mol. The molecule has 40 heteroatoms. The van der Waals surface area contributed by atoms with Gasteiger partial charge in [0.1, 0.15) is 30.4 Å². The molecule has 3 atom stereocenters. The number of aliphatic imine (C=N–C) groups is 3.